The Morgan fingerprint density at radius 1 is 0.978 bits per heavy atom. The minimum atomic E-state index is -1.54. The molecule has 0 radical (unpaired) electrons. The summed E-state index contributed by atoms with van der Waals surface area (Å²) in [5, 5.41) is 14.7. The smallest absolute Gasteiger partial charge is 0.270 e. The summed E-state index contributed by atoms with van der Waals surface area (Å²) in [5.41, 5.74) is 1.31. The zero-order valence-electron chi connectivity index (χ0n) is 24.0. The maximum atomic E-state index is 15.1. The zero-order valence-corrected chi connectivity index (χ0v) is 24.0. The number of benzene rings is 4. The van der Waals surface area contributed by atoms with Gasteiger partial charge in [0.15, 0.2) is 11.6 Å². The van der Waals surface area contributed by atoms with Gasteiger partial charge in [0.05, 0.1) is 22.4 Å². The normalized spacial score (nSPS) is 22.3. The predicted molar refractivity (Wildman–Crippen MR) is 168 cm³/mol. The minimum absolute atomic E-state index is 0.0675. The van der Waals surface area contributed by atoms with Crippen molar-refractivity contribution in [2.75, 3.05) is 11.9 Å². The van der Waals surface area contributed by atoms with Gasteiger partial charge in [-0.25, -0.2) is 0 Å². The molecule has 1 saturated heterocycles. The second-order valence-electron chi connectivity index (χ2n) is 11.2. The lowest BCUT2D eigenvalue weighted by Gasteiger charge is -2.38. The van der Waals surface area contributed by atoms with E-state index in [-0.39, 0.29) is 23.4 Å². The number of hydrogen-bond donors (Lipinski definition) is 1. The van der Waals surface area contributed by atoms with Crippen LogP contribution >= 0.6 is 0 Å². The quantitative estimate of drug-likeness (QED) is 0.112. The molecule has 3 heterocycles. The summed E-state index contributed by atoms with van der Waals surface area (Å²) < 4.78 is 5.88. The van der Waals surface area contributed by atoms with Crippen LogP contribution < -0.4 is 10.1 Å². The summed E-state index contributed by atoms with van der Waals surface area (Å²) in [5.74, 6) is -2.31. The SMILES string of the molecule is C=CCOc1ccccc1C(=O)[C@@H]1[C@H](C(=O)c2cccc([N+](=O)[O-])c2)N2C=Cc3ccccc3[C@H]2[C@@]12C(=O)Nc1ccccc12. The Kier molecular flexibility index (Phi) is 6.66. The first-order valence-electron chi connectivity index (χ1n) is 14.5. The summed E-state index contributed by atoms with van der Waals surface area (Å²) in [7, 11) is 0. The zero-order chi connectivity index (χ0) is 31.3. The van der Waals surface area contributed by atoms with Crippen LogP contribution in [-0.4, -0.2) is 39.9 Å². The molecule has 1 spiro atoms. The summed E-state index contributed by atoms with van der Waals surface area (Å²) in [6.07, 6.45) is 5.19. The first-order chi connectivity index (χ1) is 21.9. The Labute approximate surface area is 258 Å². The van der Waals surface area contributed by atoms with Gasteiger partial charge in [-0.15, -0.1) is 0 Å². The molecular weight excluding hydrogens is 570 g/mol. The summed E-state index contributed by atoms with van der Waals surface area (Å²) >= 11 is 0. The van der Waals surface area contributed by atoms with Crippen molar-refractivity contribution in [1.82, 2.24) is 4.90 Å². The molecule has 1 N–H and O–H groups in total. The number of nitrogens with one attached hydrogen (secondary N) is 1. The number of ether oxygens (including phenoxy) is 1. The fourth-order valence-electron chi connectivity index (χ4n) is 7.22. The fourth-order valence-corrected chi connectivity index (χ4v) is 7.22. The number of amides is 1. The summed E-state index contributed by atoms with van der Waals surface area (Å²) in [6.45, 7) is 3.85. The van der Waals surface area contributed by atoms with Gasteiger partial charge in [-0.2, -0.15) is 0 Å². The first-order valence-corrected chi connectivity index (χ1v) is 14.5. The molecule has 4 atom stereocenters. The summed E-state index contributed by atoms with van der Waals surface area (Å²) in [4.78, 5) is 57.4. The third-order valence-corrected chi connectivity index (χ3v) is 8.97. The van der Waals surface area contributed by atoms with E-state index in [1.165, 1.54) is 24.3 Å². The Hall–Kier alpha value is -5.83. The highest BCUT2D eigenvalue weighted by atomic mass is 16.6. The molecule has 1 amide bonds. The highest BCUT2D eigenvalue weighted by molar-refractivity contribution is 6.17. The van der Waals surface area contributed by atoms with E-state index in [1.807, 2.05) is 42.5 Å². The van der Waals surface area contributed by atoms with Crippen molar-refractivity contribution in [2.24, 2.45) is 5.92 Å². The number of fused-ring (bicyclic) bond motifs is 6. The molecule has 3 aliphatic heterocycles. The lowest BCUT2D eigenvalue weighted by Crippen LogP contribution is -2.49. The molecule has 9 nitrogen and oxygen atoms in total. The van der Waals surface area contributed by atoms with Crippen molar-refractivity contribution in [3.63, 3.8) is 0 Å². The van der Waals surface area contributed by atoms with E-state index in [4.69, 9.17) is 4.74 Å². The minimum Gasteiger partial charge on any atom is -0.489 e. The molecule has 7 rings (SSSR count). The lowest BCUT2D eigenvalue weighted by atomic mass is 9.62. The second kappa shape index (κ2) is 10.7. The van der Waals surface area contributed by atoms with Gasteiger partial charge in [-0.05, 0) is 41.0 Å². The second-order valence-corrected chi connectivity index (χ2v) is 11.2. The van der Waals surface area contributed by atoms with E-state index in [9.17, 15) is 19.7 Å². The molecule has 222 valence electrons. The van der Waals surface area contributed by atoms with Crippen LogP contribution in [0.3, 0.4) is 0 Å². The van der Waals surface area contributed by atoms with E-state index in [1.54, 1.807) is 53.6 Å². The highest BCUT2D eigenvalue weighted by Crippen LogP contribution is 2.62. The van der Waals surface area contributed by atoms with Crippen LogP contribution in [0, 0.1) is 16.0 Å². The van der Waals surface area contributed by atoms with Gasteiger partial charge in [0.2, 0.25) is 5.91 Å². The monoisotopic (exact) mass is 597 g/mol. The van der Waals surface area contributed by atoms with Crippen molar-refractivity contribution >= 4 is 34.9 Å². The van der Waals surface area contributed by atoms with E-state index < -0.39 is 45.8 Å². The fraction of sp³-hybridized carbons (Fsp3) is 0.139. The van der Waals surface area contributed by atoms with Gasteiger partial charge in [0.25, 0.3) is 5.69 Å². The maximum absolute atomic E-state index is 15.1. The molecule has 3 aliphatic rings. The number of nitrogens with zero attached hydrogens (tertiary/aromatic N) is 2. The van der Waals surface area contributed by atoms with Gasteiger partial charge in [0, 0.05) is 29.6 Å². The van der Waals surface area contributed by atoms with E-state index in [2.05, 4.69) is 11.9 Å². The van der Waals surface area contributed by atoms with E-state index >= 15 is 4.79 Å². The van der Waals surface area contributed by atoms with Gasteiger partial charge >= 0.3 is 0 Å². The van der Waals surface area contributed by atoms with Gasteiger partial charge < -0.3 is 15.0 Å². The van der Waals surface area contributed by atoms with E-state index in [0.29, 0.717) is 17.0 Å². The number of rotatable bonds is 8. The van der Waals surface area contributed by atoms with Crippen LogP contribution in [0.15, 0.2) is 116 Å². The first kappa shape index (κ1) is 28.0. The molecule has 45 heavy (non-hydrogen) atoms. The largest absolute Gasteiger partial charge is 0.489 e. The topological polar surface area (TPSA) is 119 Å². The molecule has 0 bridgehead atoms. The number of non-ortho nitro benzene ring substituents is 1. The van der Waals surface area contributed by atoms with Crippen molar-refractivity contribution in [1.29, 1.82) is 0 Å². The molecule has 9 heteroatoms. The number of anilines is 1. The molecule has 4 aromatic rings. The van der Waals surface area contributed by atoms with Crippen LogP contribution in [0.2, 0.25) is 0 Å². The number of nitro benzene ring substituents is 1. The predicted octanol–water partition coefficient (Wildman–Crippen LogP) is 6.14. The van der Waals surface area contributed by atoms with Crippen LogP contribution in [-0.2, 0) is 10.2 Å². The Balaban J connectivity index is 1.52. The molecule has 4 aromatic carbocycles. The van der Waals surface area contributed by atoms with Crippen molar-refractivity contribution in [2.45, 2.75) is 17.5 Å². The Morgan fingerprint density at radius 3 is 2.56 bits per heavy atom. The molecular formula is C36H27N3O6. The van der Waals surface area contributed by atoms with Gasteiger partial charge in [-0.3, -0.25) is 24.5 Å². The standard InChI is InChI=1S/C36H27N3O6/c1-2-20-45-29-17-8-5-14-26(29)33(41)30-31(32(40)23-11-9-12-24(21-23)39(43)44)38-19-18-22-10-3-4-13-25(22)34(38)36(30)27-15-6-7-16-28(27)37-35(36)42/h2-19,21,30-31,34H,1,20H2,(H,37,42)/t30-,31+,34-,36-/m0/s1. The van der Waals surface area contributed by atoms with Crippen LogP contribution in [0.4, 0.5) is 11.4 Å². The maximum Gasteiger partial charge on any atom is 0.270 e. The number of carbonyl (C=O) groups excluding carboxylic acids is 3. The highest BCUT2D eigenvalue weighted by Gasteiger charge is 2.71. The lowest BCUT2D eigenvalue weighted by molar-refractivity contribution is -0.384. The number of Topliss-reactive ketones (excluding diaryl/α,β-unsaturated/α-hetero) is 2. The average Bonchev–Trinajstić information content (AvgIpc) is 3.55. The number of para-hydroxylation sites is 2. The Morgan fingerprint density at radius 2 is 1.73 bits per heavy atom. The Bertz CT molecular complexity index is 1950. The van der Waals surface area contributed by atoms with Crippen molar-refractivity contribution in [3.8, 4) is 5.75 Å². The third-order valence-electron chi connectivity index (χ3n) is 8.97. The molecule has 0 aromatic heterocycles. The van der Waals surface area contributed by atoms with E-state index in [0.717, 1.165) is 11.1 Å². The number of nitro groups is 1. The number of ketones is 2. The molecule has 0 saturated carbocycles. The molecule has 0 unspecified atom stereocenters. The van der Waals surface area contributed by atoms with Crippen molar-refractivity contribution in [3.05, 3.63) is 154 Å². The molecule has 1 fully saturated rings. The number of hydrogen-bond acceptors (Lipinski definition) is 7. The van der Waals surface area contributed by atoms with Crippen molar-refractivity contribution < 1.29 is 24.0 Å². The third kappa shape index (κ3) is 4.11. The summed E-state index contributed by atoms with van der Waals surface area (Å²) in [6, 6.07) is 25.1. The molecule has 0 aliphatic carbocycles. The van der Waals surface area contributed by atoms with Crippen LogP contribution in [0.5, 0.6) is 5.75 Å². The van der Waals surface area contributed by atoms with Crippen LogP contribution in [0.1, 0.15) is 43.4 Å². The number of carbonyl (C=O) groups is 3. The average molecular weight is 598 g/mol. The van der Waals surface area contributed by atoms with Gasteiger partial charge in [-0.1, -0.05) is 79.4 Å². The van der Waals surface area contributed by atoms with Crippen LogP contribution in [0.25, 0.3) is 6.08 Å². The van der Waals surface area contributed by atoms with Gasteiger partial charge in [0.1, 0.15) is 23.8 Å².